The van der Waals surface area contributed by atoms with E-state index in [1.165, 1.54) is 17.2 Å². The highest BCUT2D eigenvalue weighted by molar-refractivity contribution is 7.91. The Kier molecular flexibility index (Phi) is 4.85. The lowest BCUT2D eigenvalue weighted by Crippen LogP contribution is -2.45. The third-order valence-corrected chi connectivity index (χ3v) is 5.48. The number of halogens is 2. The summed E-state index contributed by atoms with van der Waals surface area (Å²) < 4.78 is 53.6. The van der Waals surface area contributed by atoms with Gasteiger partial charge in [-0.3, -0.25) is 9.59 Å². The van der Waals surface area contributed by atoms with E-state index in [0.29, 0.717) is 0 Å². The molecule has 0 spiro atoms. The molecular weight excluding hydrogens is 374 g/mol. The maximum absolute atomic E-state index is 12.5. The van der Waals surface area contributed by atoms with Crippen LogP contribution in [0.1, 0.15) is 12.3 Å². The maximum atomic E-state index is 12.5. The second-order valence-corrected chi connectivity index (χ2v) is 7.96. The molecule has 1 aliphatic rings. The fourth-order valence-electron chi connectivity index (χ4n) is 2.42. The minimum atomic E-state index is -3.11. The largest absolute Gasteiger partial charge is 0.415 e. The number of pyridine rings is 1. The van der Waals surface area contributed by atoms with Gasteiger partial charge >= 0.3 is 6.43 Å². The first-order valence-electron chi connectivity index (χ1n) is 7.56. The van der Waals surface area contributed by atoms with Crippen molar-refractivity contribution >= 4 is 15.7 Å². The maximum Gasteiger partial charge on any atom is 0.314 e. The molecule has 3 heterocycles. The third kappa shape index (κ3) is 3.95. The first-order valence-corrected chi connectivity index (χ1v) is 9.38. The van der Waals surface area contributed by atoms with Crippen molar-refractivity contribution in [3.05, 3.63) is 34.6 Å². The van der Waals surface area contributed by atoms with Gasteiger partial charge in [0, 0.05) is 30.9 Å². The number of hydrogen-bond acceptors (Lipinski definition) is 7. The van der Waals surface area contributed by atoms with Crippen LogP contribution in [-0.2, 0) is 21.2 Å². The number of nitrogens with zero attached hydrogens (tertiary/aromatic N) is 4. The minimum Gasteiger partial charge on any atom is -0.415 e. The standard InChI is InChI=1S/C14H14F2N4O5S/c15-12(16)14-18-17-13(25-14)9-1-2-20(10(21)7-9)8-11(22)19-3-5-26(23,24)6-4-19/h1-2,7,12H,3-6,8H2. The molecular formula is C14H14F2N4O5S. The molecule has 0 bridgehead atoms. The van der Waals surface area contributed by atoms with Crippen LogP contribution in [0.3, 0.4) is 0 Å². The highest BCUT2D eigenvalue weighted by Crippen LogP contribution is 2.22. The summed E-state index contributed by atoms with van der Waals surface area (Å²) in [7, 11) is -3.11. The zero-order chi connectivity index (χ0) is 18.9. The smallest absolute Gasteiger partial charge is 0.314 e. The predicted molar refractivity (Wildman–Crippen MR) is 84.2 cm³/mol. The van der Waals surface area contributed by atoms with Gasteiger partial charge in [-0.1, -0.05) is 0 Å². The summed E-state index contributed by atoms with van der Waals surface area (Å²) in [5, 5.41) is 6.63. The average Bonchev–Trinajstić information content (AvgIpc) is 3.07. The molecule has 9 nitrogen and oxygen atoms in total. The van der Waals surface area contributed by atoms with Gasteiger partial charge in [-0.05, 0) is 6.07 Å². The van der Waals surface area contributed by atoms with Crippen LogP contribution in [0.5, 0.6) is 0 Å². The monoisotopic (exact) mass is 388 g/mol. The molecule has 12 heteroatoms. The van der Waals surface area contributed by atoms with Crippen LogP contribution in [0.15, 0.2) is 27.5 Å². The quantitative estimate of drug-likeness (QED) is 0.729. The van der Waals surface area contributed by atoms with E-state index in [1.54, 1.807) is 0 Å². The molecule has 0 atom stereocenters. The zero-order valence-electron chi connectivity index (χ0n) is 13.3. The molecule has 2 aromatic heterocycles. The summed E-state index contributed by atoms with van der Waals surface area (Å²) in [5.41, 5.74) is -0.403. The SMILES string of the molecule is O=C(Cn1ccc(-c2nnc(C(F)F)o2)cc1=O)N1CCS(=O)(=O)CC1. The van der Waals surface area contributed by atoms with Crippen LogP contribution < -0.4 is 5.56 Å². The number of aromatic nitrogens is 3. The van der Waals surface area contributed by atoms with E-state index >= 15 is 0 Å². The Morgan fingerprint density at radius 1 is 1.27 bits per heavy atom. The third-order valence-electron chi connectivity index (χ3n) is 3.87. The fourth-order valence-corrected chi connectivity index (χ4v) is 3.62. The molecule has 0 N–H and O–H groups in total. The molecule has 26 heavy (non-hydrogen) atoms. The number of carbonyl (C=O) groups is 1. The minimum absolute atomic E-state index is 0.0897. The lowest BCUT2D eigenvalue weighted by Gasteiger charge is -2.26. The average molecular weight is 388 g/mol. The van der Waals surface area contributed by atoms with Crippen LogP contribution in [0.2, 0.25) is 0 Å². The number of alkyl halides is 2. The first kappa shape index (κ1) is 18.2. The molecule has 0 radical (unpaired) electrons. The fraction of sp³-hybridized carbons (Fsp3) is 0.429. The van der Waals surface area contributed by atoms with Crippen molar-refractivity contribution in [1.29, 1.82) is 0 Å². The van der Waals surface area contributed by atoms with E-state index in [0.717, 1.165) is 10.6 Å². The normalized spacial score (nSPS) is 16.8. The Morgan fingerprint density at radius 2 is 1.96 bits per heavy atom. The Bertz CT molecular complexity index is 971. The van der Waals surface area contributed by atoms with Gasteiger partial charge in [0.2, 0.25) is 11.8 Å². The van der Waals surface area contributed by atoms with Crippen molar-refractivity contribution < 1.29 is 26.4 Å². The van der Waals surface area contributed by atoms with Crippen LogP contribution in [0.25, 0.3) is 11.5 Å². The molecule has 1 aliphatic heterocycles. The first-order chi connectivity index (χ1) is 12.2. The van der Waals surface area contributed by atoms with Crippen LogP contribution in [0, 0.1) is 0 Å². The molecule has 1 fully saturated rings. The second kappa shape index (κ2) is 6.94. The highest BCUT2D eigenvalue weighted by Gasteiger charge is 2.25. The summed E-state index contributed by atoms with van der Waals surface area (Å²) in [5.74, 6) is -1.66. The van der Waals surface area contributed by atoms with E-state index in [4.69, 9.17) is 4.42 Å². The van der Waals surface area contributed by atoms with Gasteiger partial charge in [0.05, 0.1) is 11.5 Å². The highest BCUT2D eigenvalue weighted by atomic mass is 32.2. The van der Waals surface area contributed by atoms with Gasteiger partial charge in [0.25, 0.3) is 11.4 Å². The van der Waals surface area contributed by atoms with Crippen molar-refractivity contribution in [3.8, 4) is 11.5 Å². The number of carbonyl (C=O) groups excluding carboxylic acids is 1. The lowest BCUT2D eigenvalue weighted by atomic mass is 10.2. The topological polar surface area (TPSA) is 115 Å². The van der Waals surface area contributed by atoms with Crippen molar-refractivity contribution in [1.82, 2.24) is 19.7 Å². The second-order valence-electron chi connectivity index (χ2n) is 5.66. The Labute approximate surface area is 146 Å². The van der Waals surface area contributed by atoms with Crippen molar-refractivity contribution in [2.24, 2.45) is 0 Å². The number of amides is 1. The van der Waals surface area contributed by atoms with E-state index in [1.807, 2.05) is 0 Å². The summed E-state index contributed by atoms with van der Waals surface area (Å²) in [6, 6.07) is 2.48. The predicted octanol–water partition coefficient (Wildman–Crippen LogP) is 0.0929. The van der Waals surface area contributed by atoms with Gasteiger partial charge < -0.3 is 13.9 Å². The van der Waals surface area contributed by atoms with Crippen molar-refractivity contribution in [2.45, 2.75) is 13.0 Å². The number of sulfone groups is 1. The van der Waals surface area contributed by atoms with Crippen LogP contribution in [0.4, 0.5) is 8.78 Å². The Morgan fingerprint density at radius 3 is 2.54 bits per heavy atom. The lowest BCUT2D eigenvalue weighted by molar-refractivity contribution is -0.131. The molecule has 0 saturated carbocycles. The van der Waals surface area contributed by atoms with Gasteiger partial charge in [0.15, 0.2) is 9.84 Å². The van der Waals surface area contributed by atoms with E-state index < -0.39 is 27.7 Å². The molecule has 1 saturated heterocycles. The van der Waals surface area contributed by atoms with E-state index in [9.17, 15) is 26.8 Å². The van der Waals surface area contributed by atoms with Crippen LogP contribution >= 0.6 is 0 Å². The molecule has 0 aliphatic carbocycles. The molecule has 2 aromatic rings. The molecule has 140 valence electrons. The summed E-state index contributed by atoms with van der Waals surface area (Å²) in [6.07, 6.45) is -1.61. The van der Waals surface area contributed by atoms with Gasteiger partial charge in [-0.15, -0.1) is 10.2 Å². The number of rotatable bonds is 4. The van der Waals surface area contributed by atoms with Crippen LogP contribution in [-0.4, -0.2) is 58.6 Å². The summed E-state index contributed by atoms with van der Waals surface area (Å²) in [6.45, 7) is -0.0793. The molecule has 3 rings (SSSR count). The molecule has 0 unspecified atom stereocenters. The number of hydrogen-bond donors (Lipinski definition) is 0. The Balaban J connectivity index is 1.71. The van der Waals surface area contributed by atoms with Crippen molar-refractivity contribution in [2.75, 3.05) is 24.6 Å². The van der Waals surface area contributed by atoms with Gasteiger partial charge in [-0.2, -0.15) is 8.78 Å². The Hall–Kier alpha value is -2.63. The van der Waals surface area contributed by atoms with Gasteiger partial charge in [0.1, 0.15) is 6.54 Å². The van der Waals surface area contributed by atoms with Gasteiger partial charge in [-0.25, -0.2) is 8.42 Å². The van der Waals surface area contributed by atoms with E-state index in [-0.39, 0.29) is 48.5 Å². The molecule has 0 aromatic carbocycles. The summed E-state index contributed by atoms with van der Waals surface area (Å²) in [4.78, 5) is 25.7. The van der Waals surface area contributed by atoms with Crippen molar-refractivity contribution in [3.63, 3.8) is 0 Å². The van der Waals surface area contributed by atoms with E-state index in [2.05, 4.69) is 10.2 Å². The summed E-state index contributed by atoms with van der Waals surface area (Å²) >= 11 is 0. The zero-order valence-corrected chi connectivity index (χ0v) is 14.2. The molecule has 1 amide bonds.